The number of hydrogen-bond donors (Lipinski definition) is 0. The average Bonchev–Trinajstić information content (AvgIpc) is 3.15. The van der Waals surface area contributed by atoms with Gasteiger partial charge in [-0.1, -0.05) is 0 Å². The van der Waals surface area contributed by atoms with E-state index in [4.69, 9.17) is 37.9 Å². The van der Waals surface area contributed by atoms with E-state index in [0.29, 0.717) is 46.0 Å². The summed E-state index contributed by atoms with van der Waals surface area (Å²) in [5, 5.41) is 0. The number of halogens is 4. The van der Waals surface area contributed by atoms with Crippen molar-refractivity contribution in [1.82, 2.24) is 0 Å². The molecule has 8 rings (SSSR count). The Bertz CT molecular complexity index is 1790. The Labute approximate surface area is 351 Å². The van der Waals surface area contributed by atoms with Crippen molar-refractivity contribution in [2.24, 2.45) is 0 Å². The van der Waals surface area contributed by atoms with Crippen molar-refractivity contribution in [1.29, 1.82) is 0 Å². The molecular weight excluding hydrogens is 952 g/mol. The van der Waals surface area contributed by atoms with Crippen LogP contribution < -0.4 is 37.9 Å². The van der Waals surface area contributed by atoms with Crippen LogP contribution in [0.5, 0.6) is 46.0 Å². The predicted octanol–water partition coefficient (Wildman–Crippen LogP) is 11.2. The highest BCUT2D eigenvalue weighted by Gasteiger charge is 2.70. The van der Waals surface area contributed by atoms with Gasteiger partial charge >= 0.3 is 0 Å². The molecule has 0 amide bonds. The molecule has 4 aromatic carbocycles. The fraction of sp³-hybridized carbons (Fsp3) is 0.429. The van der Waals surface area contributed by atoms with Crippen LogP contribution in [0.25, 0.3) is 0 Å². The van der Waals surface area contributed by atoms with Crippen molar-refractivity contribution in [2.75, 3.05) is 56.9 Å². The number of benzene rings is 4. The minimum atomic E-state index is -0.324. The van der Waals surface area contributed by atoms with Crippen LogP contribution in [0.15, 0.2) is 66.4 Å². The smallest absolute Gasteiger partial charge is 0.174 e. The summed E-state index contributed by atoms with van der Waals surface area (Å²) in [6.45, 7) is 0. The van der Waals surface area contributed by atoms with Crippen molar-refractivity contribution in [3.05, 3.63) is 88.7 Å². The Morgan fingerprint density at radius 3 is 0.648 bits per heavy atom. The van der Waals surface area contributed by atoms with Crippen LogP contribution >= 0.6 is 63.7 Å². The lowest BCUT2D eigenvalue weighted by atomic mass is 9.32. The first kappa shape index (κ1) is 39.4. The van der Waals surface area contributed by atoms with Gasteiger partial charge in [-0.05, 0) is 195 Å². The van der Waals surface area contributed by atoms with Gasteiger partial charge in [0.1, 0.15) is 0 Å². The van der Waals surface area contributed by atoms with E-state index in [9.17, 15) is 0 Å². The Hall–Kier alpha value is -2.80. The molecule has 4 aromatic rings. The van der Waals surface area contributed by atoms with E-state index < -0.39 is 0 Å². The first-order valence-electron chi connectivity index (χ1n) is 17.5. The molecule has 0 aromatic heterocycles. The second-order valence-corrected chi connectivity index (χ2v) is 18.4. The second kappa shape index (κ2) is 14.6. The van der Waals surface area contributed by atoms with Crippen LogP contribution in [0.1, 0.15) is 60.8 Å². The first-order chi connectivity index (χ1) is 25.8. The Morgan fingerprint density at radius 1 is 0.315 bits per heavy atom. The molecule has 4 aliphatic rings. The zero-order valence-corrected chi connectivity index (χ0v) is 38.0. The molecule has 0 aliphatic heterocycles. The summed E-state index contributed by atoms with van der Waals surface area (Å²) in [4.78, 5) is 0. The topological polar surface area (TPSA) is 73.8 Å². The lowest BCUT2D eigenvalue weighted by Crippen LogP contribution is -2.67. The summed E-state index contributed by atoms with van der Waals surface area (Å²) in [7, 11) is 13.5. The highest BCUT2D eigenvalue weighted by molar-refractivity contribution is 9.11. The normalized spacial score (nSPS) is 25.3. The monoisotopic (exact) mass is 992 g/mol. The molecular formula is C42H44Br4O8. The third kappa shape index (κ3) is 6.07. The lowest BCUT2D eigenvalue weighted by Gasteiger charge is -2.71. The SMILES string of the molecule is COc1cc(C23CC4(c5cc(Br)c(OC)c(OC)c5)CC(c5cc(Br)c(OC)c(OC)c5)(C2)CC(c2cc(Br)c(OC)c(OC)c2)(C3)C4)cc(Br)c1OC. The molecule has 0 radical (unpaired) electrons. The molecule has 0 heterocycles. The standard InChI is InChI=1S/C42H44Br4O8/c1-47-31-13-23(9-27(43)35(31)51-5)39-17-40(24-10-28(44)36(52-6)32(14-24)48-2)20-41(18-39,25-11-29(45)37(53-7)33(15-25)49-3)22-42(19-39,21-40)26-12-30(46)38(54-8)34(16-26)50-4/h9-16H,17-22H2,1-8H3. The summed E-state index contributed by atoms with van der Waals surface area (Å²) in [5.41, 5.74) is 3.49. The van der Waals surface area contributed by atoms with E-state index in [1.807, 2.05) is 0 Å². The van der Waals surface area contributed by atoms with Gasteiger partial charge in [0.25, 0.3) is 0 Å². The zero-order chi connectivity index (χ0) is 38.8. The van der Waals surface area contributed by atoms with E-state index in [1.165, 1.54) is 22.3 Å². The molecule has 4 aliphatic carbocycles. The van der Waals surface area contributed by atoms with Gasteiger partial charge < -0.3 is 37.9 Å². The number of hydrogen-bond acceptors (Lipinski definition) is 8. The number of ether oxygens (including phenoxy) is 8. The van der Waals surface area contributed by atoms with E-state index >= 15 is 0 Å². The van der Waals surface area contributed by atoms with Crippen LogP contribution in [-0.4, -0.2) is 56.9 Å². The highest BCUT2D eigenvalue weighted by atomic mass is 79.9. The quantitative estimate of drug-likeness (QED) is 0.139. The molecule has 54 heavy (non-hydrogen) atoms. The third-order valence-corrected chi connectivity index (χ3v) is 14.6. The van der Waals surface area contributed by atoms with Gasteiger partial charge in [-0.15, -0.1) is 0 Å². The third-order valence-electron chi connectivity index (χ3n) is 12.2. The Morgan fingerprint density at radius 2 is 0.500 bits per heavy atom. The summed E-state index contributed by atoms with van der Waals surface area (Å²) in [6.07, 6.45) is 5.39. The summed E-state index contributed by atoms with van der Waals surface area (Å²) < 4.78 is 50.7. The molecule has 4 fully saturated rings. The maximum atomic E-state index is 6.00. The molecule has 0 unspecified atom stereocenters. The molecule has 0 saturated heterocycles. The van der Waals surface area contributed by atoms with Crippen LogP contribution in [0.4, 0.5) is 0 Å². The van der Waals surface area contributed by atoms with Crippen LogP contribution in [0.3, 0.4) is 0 Å². The van der Waals surface area contributed by atoms with Gasteiger partial charge in [-0.3, -0.25) is 0 Å². The van der Waals surface area contributed by atoms with Gasteiger partial charge in [-0.25, -0.2) is 0 Å². The van der Waals surface area contributed by atoms with E-state index in [2.05, 4.69) is 112 Å². The van der Waals surface area contributed by atoms with Crippen LogP contribution in [-0.2, 0) is 21.7 Å². The maximum Gasteiger partial charge on any atom is 0.174 e. The van der Waals surface area contributed by atoms with Gasteiger partial charge in [0.2, 0.25) is 0 Å². The lowest BCUT2D eigenvalue weighted by molar-refractivity contribution is -0.0695. The highest BCUT2D eigenvalue weighted by Crippen LogP contribution is 2.76. The van der Waals surface area contributed by atoms with Crippen LogP contribution in [0.2, 0.25) is 0 Å². The van der Waals surface area contributed by atoms with Crippen molar-refractivity contribution in [2.45, 2.75) is 60.2 Å². The van der Waals surface area contributed by atoms with E-state index in [1.54, 1.807) is 56.9 Å². The van der Waals surface area contributed by atoms with Crippen molar-refractivity contribution in [3.8, 4) is 46.0 Å². The minimum Gasteiger partial charge on any atom is -0.493 e. The summed E-state index contributed by atoms with van der Waals surface area (Å²) in [6, 6.07) is 17.7. The molecule has 8 nitrogen and oxygen atoms in total. The molecule has 0 spiro atoms. The number of rotatable bonds is 12. The van der Waals surface area contributed by atoms with E-state index in [0.717, 1.165) is 56.4 Å². The first-order valence-corrected chi connectivity index (χ1v) is 20.7. The summed E-state index contributed by atoms with van der Waals surface area (Å²) in [5.74, 6) is 5.42. The molecule has 4 saturated carbocycles. The number of methoxy groups -OCH3 is 8. The predicted molar refractivity (Wildman–Crippen MR) is 223 cm³/mol. The summed E-state index contributed by atoms with van der Waals surface area (Å²) >= 11 is 15.5. The van der Waals surface area contributed by atoms with Crippen molar-refractivity contribution in [3.63, 3.8) is 0 Å². The van der Waals surface area contributed by atoms with Gasteiger partial charge in [0, 0.05) is 0 Å². The Balaban J connectivity index is 1.60. The second-order valence-electron chi connectivity index (χ2n) is 15.0. The fourth-order valence-electron chi connectivity index (χ4n) is 10.8. The van der Waals surface area contributed by atoms with Crippen molar-refractivity contribution < 1.29 is 37.9 Å². The van der Waals surface area contributed by atoms with Gasteiger partial charge in [-0.2, -0.15) is 0 Å². The molecule has 0 atom stereocenters. The maximum absolute atomic E-state index is 6.00. The van der Waals surface area contributed by atoms with Gasteiger partial charge in [0.15, 0.2) is 46.0 Å². The largest absolute Gasteiger partial charge is 0.493 e. The van der Waals surface area contributed by atoms with Gasteiger partial charge in [0.05, 0.1) is 74.8 Å². The van der Waals surface area contributed by atoms with E-state index in [-0.39, 0.29) is 21.7 Å². The molecule has 12 heteroatoms. The average molecular weight is 996 g/mol. The molecule has 288 valence electrons. The Kier molecular flexibility index (Phi) is 10.7. The fourth-order valence-corrected chi connectivity index (χ4v) is 13.2. The van der Waals surface area contributed by atoms with Crippen molar-refractivity contribution >= 4 is 63.7 Å². The molecule has 0 N–H and O–H groups in total. The van der Waals surface area contributed by atoms with Crippen LogP contribution in [0, 0.1) is 0 Å². The zero-order valence-electron chi connectivity index (χ0n) is 31.6. The minimum absolute atomic E-state index is 0.324. The molecule has 4 bridgehead atoms.